The Balaban J connectivity index is 3.05. The van der Waals surface area contributed by atoms with Gasteiger partial charge in [0, 0.05) is 11.6 Å². The molecule has 16 heavy (non-hydrogen) atoms. The molecule has 0 saturated heterocycles. The molecular weight excluding hydrogens is 230 g/mol. The summed E-state index contributed by atoms with van der Waals surface area (Å²) in [6.45, 7) is 1.37. The van der Waals surface area contributed by atoms with E-state index < -0.39 is 15.8 Å². The van der Waals surface area contributed by atoms with E-state index in [1.807, 2.05) is 0 Å². The van der Waals surface area contributed by atoms with E-state index in [1.165, 1.54) is 31.2 Å². The van der Waals surface area contributed by atoms with Crippen molar-refractivity contribution in [3.63, 3.8) is 0 Å². The Hall–Kier alpha value is -1.66. The summed E-state index contributed by atoms with van der Waals surface area (Å²) in [4.78, 5) is 11.3. The number of ketones is 1. The Morgan fingerprint density at radius 2 is 1.81 bits per heavy atom. The molecule has 0 spiro atoms. The molecular formula is C10H11NO4S. The third-order valence-electron chi connectivity index (χ3n) is 1.81. The van der Waals surface area contributed by atoms with Crippen molar-refractivity contribution in [2.75, 3.05) is 0 Å². The zero-order valence-corrected chi connectivity index (χ0v) is 9.36. The van der Waals surface area contributed by atoms with Crippen LogP contribution in [0.25, 0.3) is 0 Å². The Morgan fingerprint density at radius 3 is 2.19 bits per heavy atom. The highest BCUT2D eigenvalue weighted by atomic mass is 32.2. The summed E-state index contributed by atoms with van der Waals surface area (Å²) in [6.07, 6.45) is 1.05. The molecule has 0 aliphatic rings. The van der Waals surface area contributed by atoms with Gasteiger partial charge in [-0.3, -0.25) is 4.79 Å². The predicted octanol–water partition coefficient (Wildman–Crippen LogP) is 0.979. The summed E-state index contributed by atoms with van der Waals surface area (Å²) in [5.41, 5.74) is 0.279. The number of hydrogen-bond donors (Lipinski definition) is 2. The molecule has 1 aromatic carbocycles. The summed E-state index contributed by atoms with van der Waals surface area (Å²) < 4.78 is 21.9. The monoisotopic (exact) mass is 241 g/mol. The average molecular weight is 241 g/mol. The maximum atomic E-state index is 11.4. The molecule has 0 atom stereocenters. The molecule has 0 aliphatic carbocycles. The third kappa shape index (κ3) is 3.18. The van der Waals surface area contributed by atoms with Gasteiger partial charge in [0.1, 0.15) is 0 Å². The Bertz CT molecular complexity index is 524. The predicted molar refractivity (Wildman–Crippen MR) is 58.5 cm³/mol. The van der Waals surface area contributed by atoms with E-state index in [1.54, 1.807) is 0 Å². The fraction of sp³-hybridized carbons (Fsp3) is 0.100. The van der Waals surface area contributed by atoms with Gasteiger partial charge in [0.2, 0.25) is 10.0 Å². The van der Waals surface area contributed by atoms with Crippen LogP contribution in [0.15, 0.2) is 41.0 Å². The van der Waals surface area contributed by atoms with Crippen molar-refractivity contribution in [3.05, 3.63) is 41.7 Å². The molecule has 0 amide bonds. The van der Waals surface area contributed by atoms with E-state index in [2.05, 4.69) is 0 Å². The van der Waals surface area contributed by atoms with Crippen LogP contribution in [0.3, 0.4) is 0 Å². The minimum absolute atomic E-state index is 0.0613. The first-order chi connectivity index (χ1) is 7.30. The van der Waals surface area contributed by atoms with Gasteiger partial charge >= 0.3 is 0 Å². The number of benzene rings is 1. The number of rotatable bonds is 3. The maximum Gasteiger partial charge on any atom is 0.238 e. The number of hydrogen-bond acceptors (Lipinski definition) is 4. The Labute approximate surface area is 93.3 Å². The van der Waals surface area contributed by atoms with Gasteiger partial charge in [-0.2, -0.15) is 0 Å². The van der Waals surface area contributed by atoms with Crippen molar-refractivity contribution in [2.24, 2.45) is 5.14 Å². The average Bonchev–Trinajstić information content (AvgIpc) is 2.15. The van der Waals surface area contributed by atoms with Gasteiger partial charge in [0.15, 0.2) is 5.78 Å². The van der Waals surface area contributed by atoms with Crippen LogP contribution in [0.2, 0.25) is 0 Å². The van der Waals surface area contributed by atoms with Crippen molar-refractivity contribution < 1.29 is 18.3 Å². The molecule has 0 aliphatic heterocycles. The molecule has 5 nitrogen and oxygen atoms in total. The van der Waals surface area contributed by atoms with Gasteiger partial charge in [-0.05, 0) is 31.2 Å². The minimum Gasteiger partial charge on any atom is -0.512 e. The van der Waals surface area contributed by atoms with Gasteiger partial charge in [-0.1, -0.05) is 0 Å². The van der Waals surface area contributed by atoms with Crippen molar-refractivity contribution in [1.82, 2.24) is 0 Å². The maximum absolute atomic E-state index is 11.4. The van der Waals surface area contributed by atoms with E-state index in [0.717, 1.165) is 6.08 Å². The second kappa shape index (κ2) is 4.46. The van der Waals surface area contributed by atoms with Gasteiger partial charge in [0.05, 0.1) is 10.7 Å². The van der Waals surface area contributed by atoms with Gasteiger partial charge in [-0.15, -0.1) is 0 Å². The van der Waals surface area contributed by atoms with Crippen LogP contribution in [0.5, 0.6) is 0 Å². The summed E-state index contributed by atoms with van der Waals surface area (Å²) >= 11 is 0. The van der Waals surface area contributed by atoms with E-state index in [0.29, 0.717) is 0 Å². The van der Waals surface area contributed by atoms with Crippen LogP contribution in [0, 0.1) is 0 Å². The number of allylic oxidation sites excluding steroid dienone is 2. The normalized spacial score (nSPS) is 12.5. The molecule has 0 bridgehead atoms. The van der Waals surface area contributed by atoms with Gasteiger partial charge < -0.3 is 5.11 Å². The SMILES string of the molecule is C/C(O)=C/C(=O)c1ccc(S(N)(=O)=O)cc1. The van der Waals surface area contributed by atoms with Gasteiger partial charge in [0.25, 0.3) is 0 Å². The molecule has 0 unspecified atom stereocenters. The van der Waals surface area contributed by atoms with Crippen molar-refractivity contribution in [2.45, 2.75) is 11.8 Å². The number of carbonyl (C=O) groups is 1. The van der Waals surface area contributed by atoms with Crippen molar-refractivity contribution in [3.8, 4) is 0 Å². The van der Waals surface area contributed by atoms with E-state index in [4.69, 9.17) is 10.2 Å². The highest BCUT2D eigenvalue weighted by Crippen LogP contribution is 2.10. The number of sulfonamides is 1. The summed E-state index contributed by atoms with van der Waals surface area (Å²) in [7, 11) is -3.74. The standard InChI is InChI=1S/C10H11NO4S/c1-7(12)6-10(13)8-2-4-9(5-3-8)16(11,14)15/h2-6,12H,1H3,(H2,11,14,15)/b7-6-. The molecule has 6 heteroatoms. The lowest BCUT2D eigenvalue weighted by Gasteiger charge is -1.99. The number of aliphatic hydroxyl groups excluding tert-OH is 1. The first kappa shape index (κ1) is 12.4. The third-order valence-corrected chi connectivity index (χ3v) is 2.74. The number of primary sulfonamides is 1. The lowest BCUT2D eigenvalue weighted by Crippen LogP contribution is -2.12. The first-order valence-corrected chi connectivity index (χ1v) is 5.90. The molecule has 1 rings (SSSR count). The molecule has 86 valence electrons. The van der Waals surface area contributed by atoms with Crippen molar-refractivity contribution in [1.29, 1.82) is 0 Å². The van der Waals surface area contributed by atoms with Crippen LogP contribution < -0.4 is 5.14 Å². The molecule has 0 radical (unpaired) electrons. The zero-order valence-electron chi connectivity index (χ0n) is 8.54. The second-order valence-corrected chi connectivity index (χ2v) is 4.78. The highest BCUT2D eigenvalue weighted by molar-refractivity contribution is 7.89. The number of aliphatic hydroxyl groups is 1. The molecule has 0 aromatic heterocycles. The highest BCUT2D eigenvalue weighted by Gasteiger charge is 2.09. The number of carbonyl (C=O) groups excluding carboxylic acids is 1. The second-order valence-electron chi connectivity index (χ2n) is 3.22. The summed E-state index contributed by atoms with van der Waals surface area (Å²) in [6, 6.07) is 5.15. The first-order valence-electron chi connectivity index (χ1n) is 4.35. The zero-order chi connectivity index (χ0) is 12.3. The minimum atomic E-state index is -3.74. The van der Waals surface area contributed by atoms with Crippen molar-refractivity contribution >= 4 is 15.8 Å². The van der Waals surface area contributed by atoms with Gasteiger partial charge in [-0.25, -0.2) is 13.6 Å². The summed E-state index contributed by atoms with van der Waals surface area (Å²) in [5.74, 6) is -0.513. The molecule has 0 fully saturated rings. The van der Waals surface area contributed by atoms with Crippen LogP contribution in [0.1, 0.15) is 17.3 Å². The number of nitrogens with two attached hydrogens (primary N) is 1. The molecule has 3 N–H and O–H groups in total. The van der Waals surface area contributed by atoms with Crippen LogP contribution in [-0.4, -0.2) is 19.3 Å². The van der Waals surface area contributed by atoms with Crippen LogP contribution >= 0.6 is 0 Å². The molecule has 1 aromatic rings. The van der Waals surface area contributed by atoms with E-state index >= 15 is 0 Å². The largest absolute Gasteiger partial charge is 0.512 e. The smallest absolute Gasteiger partial charge is 0.238 e. The lowest BCUT2D eigenvalue weighted by molar-refractivity contribution is 0.104. The van der Waals surface area contributed by atoms with Crippen LogP contribution in [-0.2, 0) is 10.0 Å². The lowest BCUT2D eigenvalue weighted by atomic mass is 10.1. The summed E-state index contributed by atoms with van der Waals surface area (Å²) in [5, 5.41) is 13.8. The topological polar surface area (TPSA) is 97.5 Å². The quantitative estimate of drug-likeness (QED) is 0.468. The molecule has 0 saturated carbocycles. The van der Waals surface area contributed by atoms with E-state index in [-0.39, 0.29) is 16.2 Å². The fourth-order valence-corrected chi connectivity index (χ4v) is 1.60. The van der Waals surface area contributed by atoms with E-state index in [9.17, 15) is 13.2 Å². The fourth-order valence-electron chi connectivity index (χ4n) is 1.08. The molecule has 0 heterocycles. The Morgan fingerprint density at radius 1 is 1.31 bits per heavy atom. The Kier molecular flexibility index (Phi) is 3.46. The van der Waals surface area contributed by atoms with Crippen LogP contribution in [0.4, 0.5) is 0 Å².